The number of hydrogen-bond donors (Lipinski definition) is 0. The summed E-state index contributed by atoms with van der Waals surface area (Å²) in [7, 11) is 0. The predicted octanol–water partition coefficient (Wildman–Crippen LogP) is 3.13. The van der Waals surface area contributed by atoms with Crippen LogP contribution in [0, 0.1) is 6.92 Å². The molecule has 4 nitrogen and oxygen atoms in total. The molecule has 1 aliphatic rings. The topological polar surface area (TPSA) is 42.4 Å². The summed E-state index contributed by atoms with van der Waals surface area (Å²) in [6.45, 7) is 5.21. The summed E-state index contributed by atoms with van der Waals surface area (Å²) in [5.74, 6) is 1.05. The van der Waals surface area contributed by atoms with Crippen LogP contribution in [0.4, 0.5) is 0 Å². The largest absolute Gasteiger partial charge is 0.491 e. The van der Waals surface area contributed by atoms with E-state index in [-0.39, 0.29) is 11.9 Å². The van der Waals surface area contributed by atoms with Crippen LogP contribution in [0.3, 0.4) is 0 Å². The van der Waals surface area contributed by atoms with Gasteiger partial charge in [0.1, 0.15) is 12.4 Å². The lowest BCUT2D eigenvalue weighted by Gasteiger charge is -2.26. The molecule has 1 aromatic heterocycles. The lowest BCUT2D eigenvalue weighted by atomic mass is 10.1. The Morgan fingerprint density at radius 2 is 2.17 bits per heavy atom. The second kappa shape index (κ2) is 6.82. The van der Waals surface area contributed by atoms with E-state index in [0.29, 0.717) is 19.6 Å². The van der Waals surface area contributed by atoms with Crippen LogP contribution >= 0.6 is 0 Å². The molecule has 1 aromatic carbocycles. The molecule has 0 radical (unpaired) electrons. The van der Waals surface area contributed by atoms with Crippen molar-refractivity contribution in [2.75, 3.05) is 6.61 Å². The minimum Gasteiger partial charge on any atom is -0.491 e. The van der Waals surface area contributed by atoms with Gasteiger partial charge in [0, 0.05) is 30.9 Å². The Morgan fingerprint density at radius 1 is 1.35 bits per heavy atom. The van der Waals surface area contributed by atoms with E-state index >= 15 is 0 Å². The molecular formula is C19H22N2O2. The number of fused-ring (bicyclic) bond motifs is 1. The summed E-state index contributed by atoms with van der Waals surface area (Å²) >= 11 is 0. The zero-order chi connectivity index (χ0) is 16.2. The first kappa shape index (κ1) is 15.5. The van der Waals surface area contributed by atoms with E-state index in [0.717, 1.165) is 28.9 Å². The van der Waals surface area contributed by atoms with Crippen LogP contribution in [-0.4, -0.2) is 28.4 Å². The van der Waals surface area contributed by atoms with Crippen molar-refractivity contribution in [3.63, 3.8) is 0 Å². The molecule has 23 heavy (non-hydrogen) atoms. The number of carbonyl (C=O) groups is 1. The molecule has 120 valence electrons. The maximum Gasteiger partial charge on any atom is 0.223 e. The lowest BCUT2D eigenvalue weighted by molar-refractivity contribution is -0.134. The molecule has 0 saturated heterocycles. The Kier molecular flexibility index (Phi) is 4.60. The summed E-state index contributed by atoms with van der Waals surface area (Å²) in [5, 5.41) is 0. The second-order valence-electron chi connectivity index (χ2n) is 6.16. The Bertz CT molecular complexity index is 699. The summed E-state index contributed by atoms with van der Waals surface area (Å²) in [4.78, 5) is 18.8. The molecule has 1 atom stereocenters. The van der Waals surface area contributed by atoms with Gasteiger partial charge in [-0.15, -0.1) is 0 Å². The van der Waals surface area contributed by atoms with Crippen LogP contribution in [0.1, 0.15) is 30.0 Å². The molecule has 0 bridgehead atoms. The quantitative estimate of drug-likeness (QED) is 0.874. The maximum absolute atomic E-state index is 12.7. The Labute approximate surface area is 137 Å². The van der Waals surface area contributed by atoms with Crippen LogP contribution < -0.4 is 4.74 Å². The molecule has 2 heterocycles. The molecule has 3 rings (SSSR count). The fourth-order valence-electron chi connectivity index (χ4n) is 2.90. The minimum absolute atomic E-state index is 0.0746. The third-order valence-corrected chi connectivity index (χ3v) is 4.20. The SMILES string of the molecule is Cc1cncc(CCC(=O)N2Cc3ccccc3OCC2C)c1. The van der Waals surface area contributed by atoms with E-state index in [2.05, 4.69) is 11.1 Å². The van der Waals surface area contributed by atoms with E-state index < -0.39 is 0 Å². The zero-order valence-electron chi connectivity index (χ0n) is 13.7. The minimum atomic E-state index is 0.0746. The van der Waals surface area contributed by atoms with Crippen molar-refractivity contribution in [2.45, 2.75) is 39.3 Å². The lowest BCUT2D eigenvalue weighted by Crippen LogP contribution is -2.39. The molecule has 0 fully saturated rings. The average Bonchev–Trinajstić information content (AvgIpc) is 2.72. The fraction of sp³-hybridized carbons (Fsp3) is 0.368. The number of hydrogen-bond acceptors (Lipinski definition) is 3. The fourth-order valence-corrected chi connectivity index (χ4v) is 2.90. The van der Waals surface area contributed by atoms with Crippen molar-refractivity contribution in [3.05, 3.63) is 59.4 Å². The molecule has 0 N–H and O–H groups in total. The third kappa shape index (κ3) is 3.70. The molecular weight excluding hydrogens is 288 g/mol. The van der Waals surface area contributed by atoms with Crippen molar-refractivity contribution in [2.24, 2.45) is 0 Å². The summed E-state index contributed by atoms with van der Waals surface area (Å²) in [5.41, 5.74) is 3.31. The number of aromatic nitrogens is 1. The number of pyridine rings is 1. The number of nitrogens with zero attached hydrogens (tertiary/aromatic N) is 2. The summed E-state index contributed by atoms with van der Waals surface area (Å²) in [6, 6.07) is 10.1. The van der Waals surface area contributed by atoms with E-state index in [1.807, 2.05) is 55.4 Å². The van der Waals surface area contributed by atoms with Gasteiger partial charge in [0.05, 0.1) is 6.04 Å². The van der Waals surface area contributed by atoms with Crippen molar-refractivity contribution in [1.29, 1.82) is 0 Å². The molecule has 0 spiro atoms. The van der Waals surface area contributed by atoms with Crippen LogP contribution in [0.15, 0.2) is 42.7 Å². The Balaban J connectivity index is 1.68. The molecule has 1 aliphatic heterocycles. The van der Waals surface area contributed by atoms with Crippen LogP contribution in [-0.2, 0) is 17.8 Å². The van der Waals surface area contributed by atoms with E-state index in [1.165, 1.54) is 0 Å². The van der Waals surface area contributed by atoms with E-state index in [1.54, 1.807) is 0 Å². The van der Waals surface area contributed by atoms with Crippen molar-refractivity contribution < 1.29 is 9.53 Å². The number of amides is 1. The highest BCUT2D eigenvalue weighted by molar-refractivity contribution is 5.77. The van der Waals surface area contributed by atoms with Gasteiger partial charge in [-0.25, -0.2) is 0 Å². The van der Waals surface area contributed by atoms with Crippen molar-refractivity contribution in [1.82, 2.24) is 9.88 Å². The highest BCUT2D eigenvalue weighted by atomic mass is 16.5. The first-order valence-electron chi connectivity index (χ1n) is 8.04. The average molecular weight is 310 g/mol. The molecule has 1 amide bonds. The van der Waals surface area contributed by atoms with Gasteiger partial charge in [-0.1, -0.05) is 24.3 Å². The normalized spacial score (nSPS) is 17.1. The van der Waals surface area contributed by atoms with Gasteiger partial charge < -0.3 is 9.64 Å². The number of benzene rings is 1. The van der Waals surface area contributed by atoms with Gasteiger partial charge in [0.15, 0.2) is 0 Å². The monoisotopic (exact) mass is 310 g/mol. The first-order chi connectivity index (χ1) is 11.1. The van der Waals surface area contributed by atoms with Gasteiger partial charge in [-0.05, 0) is 37.5 Å². The van der Waals surface area contributed by atoms with Gasteiger partial charge in [-0.2, -0.15) is 0 Å². The number of ether oxygens (including phenoxy) is 1. The number of carbonyl (C=O) groups excluding carboxylic acids is 1. The maximum atomic E-state index is 12.7. The third-order valence-electron chi connectivity index (χ3n) is 4.20. The van der Waals surface area contributed by atoms with Gasteiger partial charge in [-0.3, -0.25) is 9.78 Å². The van der Waals surface area contributed by atoms with Gasteiger partial charge in [0.2, 0.25) is 5.91 Å². The number of para-hydroxylation sites is 1. The van der Waals surface area contributed by atoms with E-state index in [9.17, 15) is 4.79 Å². The van der Waals surface area contributed by atoms with Crippen LogP contribution in [0.5, 0.6) is 5.75 Å². The van der Waals surface area contributed by atoms with Gasteiger partial charge in [0.25, 0.3) is 0 Å². The predicted molar refractivity (Wildman–Crippen MR) is 89.2 cm³/mol. The Morgan fingerprint density at radius 3 is 3.00 bits per heavy atom. The first-order valence-corrected chi connectivity index (χ1v) is 8.04. The Hall–Kier alpha value is -2.36. The smallest absolute Gasteiger partial charge is 0.223 e. The molecule has 1 unspecified atom stereocenters. The summed E-state index contributed by atoms with van der Waals surface area (Å²) < 4.78 is 5.82. The van der Waals surface area contributed by atoms with Crippen LogP contribution in [0.2, 0.25) is 0 Å². The molecule has 2 aromatic rings. The molecule has 4 heteroatoms. The van der Waals surface area contributed by atoms with Gasteiger partial charge >= 0.3 is 0 Å². The highest BCUT2D eigenvalue weighted by Crippen LogP contribution is 2.25. The molecule has 0 aliphatic carbocycles. The standard InChI is InChI=1S/C19H22N2O2/c1-14-9-16(11-20-10-14)7-8-19(22)21-12-17-5-3-4-6-18(17)23-13-15(21)2/h3-6,9-11,15H,7-8,12-13H2,1-2H3. The molecule has 0 saturated carbocycles. The second-order valence-corrected chi connectivity index (χ2v) is 6.16. The highest BCUT2D eigenvalue weighted by Gasteiger charge is 2.25. The van der Waals surface area contributed by atoms with Crippen LogP contribution in [0.25, 0.3) is 0 Å². The van der Waals surface area contributed by atoms with E-state index in [4.69, 9.17) is 4.74 Å². The number of rotatable bonds is 3. The zero-order valence-corrected chi connectivity index (χ0v) is 13.7. The number of aryl methyl sites for hydroxylation is 2. The van der Waals surface area contributed by atoms with Crippen molar-refractivity contribution >= 4 is 5.91 Å². The van der Waals surface area contributed by atoms with Crippen molar-refractivity contribution in [3.8, 4) is 5.75 Å². The summed E-state index contributed by atoms with van der Waals surface area (Å²) in [6.07, 6.45) is 4.89.